The van der Waals surface area contributed by atoms with Crippen LogP contribution in [0.15, 0.2) is 30.8 Å². The molecule has 0 fully saturated rings. The van der Waals surface area contributed by atoms with Crippen molar-refractivity contribution in [2.45, 2.75) is 6.92 Å². The first kappa shape index (κ1) is 8.46. The van der Waals surface area contributed by atoms with Crippen LogP contribution in [0.3, 0.4) is 0 Å². The first-order valence-corrected chi connectivity index (χ1v) is 3.51. The molecule has 0 aliphatic rings. The third-order valence-electron chi connectivity index (χ3n) is 1.39. The van der Waals surface area contributed by atoms with Crippen molar-refractivity contribution >= 4 is 5.78 Å². The first-order chi connectivity index (χ1) is 5.74. The van der Waals surface area contributed by atoms with Gasteiger partial charge in [0.2, 0.25) is 0 Å². The molecule has 0 bridgehead atoms. The molecule has 1 aromatic heterocycles. The maximum Gasteiger partial charge on any atom is 0.190 e. The maximum absolute atomic E-state index is 11.1. The highest BCUT2D eigenvalue weighted by Gasteiger charge is 2.00. The predicted molar refractivity (Wildman–Crippen MR) is 45.1 cm³/mol. The lowest BCUT2D eigenvalue weighted by molar-refractivity contribution is 0.104. The molecule has 62 valence electrons. The van der Waals surface area contributed by atoms with Gasteiger partial charge in [-0.3, -0.25) is 9.78 Å². The number of nitrogens with zero attached hydrogens (tertiary/aromatic N) is 1. The largest absolute Gasteiger partial charge is 0.515 e. The monoisotopic (exact) mass is 163 g/mol. The second-order valence-electron chi connectivity index (χ2n) is 2.43. The van der Waals surface area contributed by atoms with Crippen LogP contribution in [-0.4, -0.2) is 15.9 Å². The Morgan fingerprint density at radius 1 is 1.58 bits per heavy atom. The van der Waals surface area contributed by atoms with Crippen LogP contribution >= 0.6 is 0 Å². The summed E-state index contributed by atoms with van der Waals surface area (Å²) in [7, 11) is 0. The first-order valence-electron chi connectivity index (χ1n) is 3.51. The molecular formula is C9H9NO2. The van der Waals surface area contributed by atoms with Crippen molar-refractivity contribution in [2.24, 2.45) is 0 Å². The van der Waals surface area contributed by atoms with E-state index in [0.717, 1.165) is 17.9 Å². The second kappa shape index (κ2) is 3.67. The van der Waals surface area contributed by atoms with Gasteiger partial charge in [0.05, 0.1) is 6.26 Å². The van der Waals surface area contributed by atoms with Crippen molar-refractivity contribution in [2.75, 3.05) is 0 Å². The topological polar surface area (TPSA) is 50.2 Å². The molecule has 3 nitrogen and oxygen atoms in total. The second-order valence-corrected chi connectivity index (χ2v) is 2.43. The summed E-state index contributed by atoms with van der Waals surface area (Å²) in [6, 6.07) is 1.72. The highest BCUT2D eigenvalue weighted by molar-refractivity contribution is 6.04. The molecule has 0 aliphatic heterocycles. The number of aliphatic hydroxyl groups excluding tert-OH is 1. The highest BCUT2D eigenvalue weighted by Crippen LogP contribution is 2.02. The fraction of sp³-hybridized carbons (Fsp3) is 0.111. The van der Waals surface area contributed by atoms with Gasteiger partial charge >= 0.3 is 0 Å². The third kappa shape index (κ3) is 1.92. The van der Waals surface area contributed by atoms with Crippen molar-refractivity contribution in [3.05, 3.63) is 41.9 Å². The van der Waals surface area contributed by atoms with E-state index in [1.54, 1.807) is 12.3 Å². The smallest absolute Gasteiger partial charge is 0.190 e. The minimum absolute atomic E-state index is 0.242. The van der Waals surface area contributed by atoms with Crippen LogP contribution in [-0.2, 0) is 0 Å². The number of pyridine rings is 1. The Hall–Kier alpha value is -1.64. The molecule has 0 radical (unpaired) electrons. The number of hydrogen-bond donors (Lipinski definition) is 1. The average molecular weight is 163 g/mol. The highest BCUT2D eigenvalue weighted by atomic mass is 16.2. The fourth-order valence-electron chi connectivity index (χ4n) is 0.854. The molecule has 0 aliphatic carbocycles. The van der Waals surface area contributed by atoms with E-state index in [-0.39, 0.29) is 5.78 Å². The number of hydrogen-bond acceptors (Lipinski definition) is 3. The summed E-state index contributed by atoms with van der Waals surface area (Å²) in [6.07, 6.45) is 4.95. The SMILES string of the molecule is Cc1cncc(C(=O)C=CO)c1. The molecule has 0 atom stereocenters. The van der Waals surface area contributed by atoms with Gasteiger partial charge in [0.15, 0.2) is 5.78 Å². The lowest BCUT2D eigenvalue weighted by atomic mass is 10.1. The van der Waals surface area contributed by atoms with Crippen LogP contribution < -0.4 is 0 Å². The zero-order valence-corrected chi connectivity index (χ0v) is 6.69. The summed E-state index contributed by atoms with van der Waals surface area (Å²) in [5.41, 5.74) is 1.41. The van der Waals surface area contributed by atoms with Gasteiger partial charge in [0.1, 0.15) is 0 Å². The number of ketones is 1. The summed E-state index contributed by atoms with van der Waals surface area (Å²) >= 11 is 0. The van der Waals surface area contributed by atoms with Crippen LogP contribution in [0, 0.1) is 6.92 Å². The van der Waals surface area contributed by atoms with Gasteiger partial charge in [-0.1, -0.05) is 0 Å². The van der Waals surface area contributed by atoms with Crippen molar-refractivity contribution in [3.8, 4) is 0 Å². The molecule has 1 rings (SSSR count). The van der Waals surface area contributed by atoms with Crippen LogP contribution in [0.5, 0.6) is 0 Å². The molecule has 1 heterocycles. The Labute approximate surface area is 70.4 Å². The van der Waals surface area contributed by atoms with Crippen molar-refractivity contribution in [3.63, 3.8) is 0 Å². The molecule has 0 saturated carbocycles. The molecule has 1 N–H and O–H groups in total. The van der Waals surface area contributed by atoms with Gasteiger partial charge in [0.25, 0.3) is 0 Å². The number of aromatic nitrogens is 1. The Balaban J connectivity index is 2.96. The third-order valence-corrected chi connectivity index (χ3v) is 1.39. The van der Waals surface area contributed by atoms with Crippen LogP contribution in [0.2, 0.25) is 0 Å². The Morgan fingerprint density at radius 3 is 2.92 bits per heavy atom. The Morgan fingerprint density at radius 2 is 2.33 bits per heavy atom. The van der Waals surface area contributed by atoms with Crippen molar-refractivity contribution in [1.82, 2.24) is 4.98 Å². The standard InChI is InChI=1S/C9H9NO2/c1-7-4-8(6-10-5-7)9(12)2-3-11/h2-6,11H,1H3. The lowest BCUT2D eigenvalue weighted by Gasteiger charge is -1.95. The van der Waals surface area contributed by atoms with Gasteiger partial charge in [-0.05, 0) is 18.6 Å². The normalized spacial score (nSPS) is 10.4. The molecule has 0 unspecified atom stereocenters. The van der Waals surface area contributed by atoms with E-state index in [9.17, 15) is 4.79 Å². The van der Waals surface area contributed by atoms with Crippen LogP contribution in [0.4, 0.5) is 0 Å². The zero-order valence-electron chi connectivity index (χ0n) is 6.69. The van der Waals surface area contributed by atoms with E-state index in [1.165, 1.54) is 6.20 Å². The maximum atomic E-state index is 11.1. The van der Waals surface area contributed by atoms with E-state index in [1.807, 2.05) is 6.92 Å². The number of rotatable bonds is 2. The van der Waals surface area contributed by atoms with Crippen molar-refractivity contribution < 1.29 is 9.90 Å². The van der Waals surface area contributed by atoms with E-state index in [4.69, 9.17) is 5.11 Å². The minimum atomic E-state index is -0.242. The van der Waals surface area contributed by atoms with Crippen LogP contribution in [0.1, 0.15) is 15.9 Å². The molecule has 0 saturated heterocycles. The minimum Gasteiger partial charge on any atom is -0.515 e. The van der Waals surface area contributed by atoms with E-state index in [0.29, 0.717) is 5.56 Å². The van der Waals surface area contributed by atoms with Gasteiger partial charge < -0.3 is 5.11 Å². The molecule has 1 aromatic rings. The molecule has 0 aromatic carbocycles. The summed E-state index contributed by atoms with van der Waals surface area (Å²) < 4.78 is 0. The number of carbonyl (C=O) groups excluding carboxylic acids is 1. The summed E-state index contributed by atoms with van der Waals surface area (Å²) in [4.78, 5) is 15.0. The molecule has 12 heavy (non-hydrogen) atoms. The van der Waals surface area contributed by atoms with Gasteiger partial charge in [-0.2, -0.15) is 0 Å². The molecular weight excluding hydrogens is 154 g/mol. The molecule has 0 spiro atoms. The van der Waals surface area contributed by atoms with Crippen LogP contribution in [0.25, 0.3) is 0 Å². The summed E-state index contributed by atoms with van der Waals surface area (Å²) in [5, 5.41) is 8.35. The lowest BCUT2D eigenvalue weighted by Crippen LogP contribution is -1.95. The number of allylic oxidation sites excluding steroid dienone is 1. The fourth-order valence-corrected chi connectivity index (χ4v) is 0.854. The van der Waals surface area contributed by atoms with Crippen molar-refractivity contribution in [1.29, 1.82) is 0 Å². The predicted octanol–water partition coefficient (Wildman–Crippen LogP) is 1.64. The number of aliphatic hydroxyl groups is 1. The number of aryl methyl sites for hydroxylation is 1. The Kier molecular flexibility index (Phi) is 2.58. The van der Waals surface area contributed by atoms with E-state index >= 15 is 0 Å². The van der Waals surface area contributed by atoms with E-state index in [2.05, 4.69) is 4.98 Å². The van der Waals surface area contributed by atoms with Gasteiger partial charge in [-0.15, -0.1) is 0 Å². The Bertz CT molecular complexity index is 318. The summed E-state index contributed by atoms with van der Waals surface area (Å²) in [5.74, 6) is -0.242. The summed E-state index contributed by atoms with van der Waals surface area (Å²) in [6.45, 7) is 1.85. The zero-order chi connectivity index (χ0) is 8.97. The van der Waals surface area contributed by atoms with Gasteiger partial charge in [-0.25, -0.2) is 0 Å². The van der Waals surface area contributed by atoms with E-state index < -0.39 is 0 Å². The quantitative estimate of drug-likeness (QED) is 0.409. The van der Waals surface area contributed by atoms with Gasteiger partial charge in [0, 0.05) is 24.0 Å². The molecule has 0 amide bonds. The number of carbonyl (C=O) groups is 1. The average Bonchev–Trinajstić information content (AvgIpc) is 2.05. The molecule has 3 heteroatoms.